The summed E-state index contributed by atoms with van der Waals surface area (Å²) in [6.45, 7) is 6.11. The Balaban J connectivity index is 1.93. The molecule has 3 nitrogen and oxygen atoms in total. The Bertz CT molecular complexity index is 291. The third-order valence-corrected chi connectivity index (χ3v) is 4.11. The van der Waals surface area contributed by atoms with Gasteiger partial charge in [0.1, 0.15) is 0 Å². The molecule has 0 aromatic rings. The molecule has 0 amide bonds. The second-order valence-corrected chi connectivity index (χ2v) is 4.91. The van der Waals surface area contributed by atoms with E-state index in [0.717, 1.165) is 19.5 Å². The van der Waals surface area contributed by atoms with E-state index in [1.165, 1.54) is 32.4 Å². The van der Waals surface area contributed by atoms with E-state index in [9.17, 15) is 0 Å². The summed E-state index contributed by atoms with van der Waals surface area (Å²) in [6, 6.07) is 0.673. The lowest BCUT2D eigenvalue weighted by molar-refractivity contribution is 0.230. The summed E-state index contributed by atoms with van der Waals surface area (Å²) >= 11 is 0. The highest BCUT2D eigenvalue weighted by atomic mass is 15.3. The second kappa shape index (κ2) is 5.18. The maximum atomic E-state index is 6.01. The number of fused-ring (bicyclic) bond motifs is 1. The maximum Gasteiger partial charge on any atom is 0.0473 e. The fraction of sp³-hybridized carbons (Fsp3) is 0.846. The molecular formula is C13H23N3. The molecule has 3 heteroatoms. The minimum Gasteiger partial charge on any atom is -0.329 e. The van der Waals surface area contributed by atoms with Crippen LogP contribution in [0.2, 0.25) is 0 Å². The smallest absolute Gasteiger partial charge is 0.0473 e. The van der Waals surface area contributed by atoms with E-state index in [1.807, 2.05) is 6.92 Å². The molecule has 90 valence electrons. The standard InChI is InChI=1S/C13H23N3/c1-2-3-4-8-15-13(11-14)7-10-16-9-5-6-12(13)16/h12,15H,4-11,14H2,1H3. The van der Waals surface area contributed by atoms with Crippen LogP contribution in [0.15, 0.2) is 0 Å². The van der Waals surface area contributed by atoms with Gasteiger partial charge in [0.05, 0.1) is 0 Å². The summed E-state index contributed by atoms with van der Waals surface area (Å²) in [5.41, 5.74) is 6.19. The van der Waals surface area contributed by atoms with Gasteiger partial charge in [0.25, 0.3) is 0 Å². The summed E-state index contributed by atoms with van der Waals surface area (Å²) in [5.74, 6) is 6.04. The molecule has 16 heavy (non-hydrogen) atoms. The minimum atomic E-state index is 0.173. The summed E-state index contributed by atoms with van der Waals surface area (Å²) < 4.78 is 0. The van der Waals surface area contributed by atoms with Crippen LogP contribution >= 0.6 is 0 Å². The molecule has 0 radical (unpaired) electrons. The van der Waals surface area contributed by atoms with E-state index >= 15 is 0 Å². The first-order chi connectivity index (χ1) is 7.82. The van der Waals surface area contributed by atoms with E-state index in [0.29, 0.717) is 6.04 Å². The van der Waals surface area contributed by atoms with Crippen LogP contribution in [-0.4, -0.2) is 42.7 Å². The Morgan fingerprint density at radius 3 is 3.12 bits per heavy atom. The Kier molecular flexibility index (Phi) is 3.86. The highest BCUT2D eigenvalue weighted by Crippen LogP contribution is 2.35. The van der Waals surface area contributed by atoms with E-state index in [-0.39, 0.29) is 5.54 Å². The maximum absolute atomic E-state index is 6.01. The van der Waals surface area contributed by atoms with Crippen LogP contribution in [0.5, 0.6) is 0 Å². The van der Waals surface area contributed by atoms with E-state index < -0.39 is 0 Å². The van der Waals surface area contributed by atoms with Gasteiger partial charge in [-0.05, 0) is 32.7 Å². The van der Waals surface area contributed by atoms with Crippen molar-refractivity contribution in [2.24, 2.45) is 5.73 Å². The van der Waals surface area contributed by atoms with E-state index in [2.05, 4.69) is 22.1 Å². The molecule has 0 spiro atoms. The summed E-state index contributed by atoms with van der Waals surface area (Å²) in [4.78, 5) is 2.60. The van der Waals surface area contributed by atoms with Crippen molar-refractivity contribution in [3.8, 4) is 11.8 Å². The van der Waals surface area contributed by atoms with Crippen molar-refractivity contribution < 1.29 is 0 Å². The van der Waals surface area contributed by atoms with Crippen LogP contribution < -0.4 is 11.1 Å². The van der Waals surface area contributed by atoms with Gasteiger partial charge in [-0.15, -0.1) is 11.8 Å². The van der Waals surface area contributed by atoms with Crippen molar-refractivity contribution in [1.29, 1.82) is 0 Å². The van der Waals surface area contributed by atoms with Crippen LogP contribution in [0.1, 0.15) is 32.6 Å². The van der Waals surface area contributed by atoms with Crippen molar-refractivity contribution in [1.82, 2.24) is 10.2 Å². The Morgan fingerprint density at radius 2 is 2.38 bits per heavy atom. The van der Waals surface area contributed by atoms with Crippen LogP contribution in [0.4, 0.5) is 0 Å². The van der Waals surface area contributed by atoms with Crippen molar-refractivity contribution >= 4 is 0 Å². The Labute approximate surface area is 98.8 Å². The average Bonchev–Trinajstić information content (AvgIpc) is 2.88. The topological polar surface area (TPSA) is 41.3 Å². The molecule has 2 saturated heterocycles. The van der Waals surface area contributed by atoms with Gasteiger partial charge in [-0.3, -0.25) is 4.90 Å². The first-order valence-electron chi connectivity index (χ1n) is 6.41. The van der Waals surface area contributed by atoms with Crippen LogP contribution in [-0.2, 0) is 0 Å². The predicted molar refractivity (Wildman–Crippen MR) is 67.1 cm³/mol. The van der Waals surface area contributed by atoms with Gasteiger partial charge in [-0.25, -0.2) is 0 Å². The zero-order valence-corrected chi connectivity index (χ0v) is 10.3. The Morgan fingerprint density at radius 1 is 1.50 bits per heavy atom. The number of rotatable bonds is 4. The van der Waals surface area contributed by atoms with Gasteiger partial charge in [-0.1, -0.05) is 0 Å². The van der Waals surface area contributed by atoms with Gasteiger partial charge in [-0.2, -0.15) is 0 Å². The molecule has 2 aliphatic heterocycles. The van der Waals surface area contributed by atoms with Crippen LogP contribution in [0.25, 0.3) is 0 Å². The van der Waals surface area contributed by atoms with Crippen molar-refractivity contribution in [2.45, 2.75) is 44.2 Å². The van der Waals surface area contributed by atoms with Gasteiger partial charge >= 0.3 is 0 Å². The van der Waals surface area contributed by atoms with Crippen molar-refractivity contribution in [2.75, 3.05) is 26.2 Å². The molecule has 2 fully saturated rings. The fourth-order valence-corrected chi connectivity index (χ4v) is 3.24. The number of hydrogen-bond acceptors (Lipinski definition) is 3. The normalized spacial score (nSPS) is 33.5. The second-order valence-electron chi connectivity index (χ2n) is 4.91. The highest BCUT2D eigenvalue weighted by molar-refractivity contribution is 5.09. The van der Waals surface area contributed by atoms with Crippen molar-refractivity contribution in [3.63, 3.8) is 0 Å². The Hall–Kier alpha value is -0.560. The molecule has 3 N–H and O–H groups in total. The van der Waals surface area contributed by atoms with Gasteiger partial charge in [0, 0.05) is 37.6 Å². The lowest BCUT2D eigenvalue weighted by atomic mass is 9.88. The molecule has 0 aromatic carbocycles. The number of nitrogens with two attached hydrogens (primary N) is 1. The monoisotopic (exact) mass is 221 g/mol. The van der Waals surface area contributed by atoms with Crippen LogP contribution in [0, 0.1) is 11.8 Å². The first kappa shape index (κ1) is 11.9. The largest absolute Gasteiger partial charge is 0.329 e. The molecular weight excluding hydrogens is 198 g/mol. The molecule has 2 heterocycles. The number of hydrogen-bond donors (Lipinski definition) is 2. The zero-order chi connectivity index (χ0) is 11.4. The first-order valence-corrected chi connectivity index (χ1v) is 6.41. The van der Waals surface area contributed by atoms with Gasteiger partial charge in [0.15, 0.2) is 0 Å². The highest BCUT2D eigenvalue weighted by Gasteiger charge is 2.47. The molecule has 2 rings (SSSR count). The summed E-state index contributed by atoms with van der Waals surface area (Å²) in [6.07, 6.45) is 4.78. The molecule has 2 unspecified atom stereocenters. The SMILES string of the molecule is CC#CCCNC1(CN)CCN2CCCC21. The summed E-state index contributed by atoms with van der Waals surface area (Å²) in [5, 5.41) is 3.68. The zero-order valence-electron chi connectivity index (χ0n) is 10.3. The molecule has 0 aliphatic carbocycles. The molecule has 2 aliphatic rings. The predicted octanol–water partition coefficient (Wildman–Crippen LogP) is 0.555. The average molecular weight is 221 g/mol. The molecule has 0 bridgehead atoms. The third kappa shape index (κ3) is 2.10. The lowest BCUT2D eigenvalue weighted by Crippen LogP contribution is -2.58. The minimum absolute atomic E-state index is 0.173. The number of nitrogens with one attached hydrogen (secondary N) is 1. The van der Waals surface area contributed by atoms with Crippen LogP contribution in [0.3, 0.4) is 0 Å². The third-order valence-electron chi connectivity index (χ3n) is 4.11. The lowest BCUT2D eigenvalue weighted by Gasteiger charge is -2.35. The fourth-order valence-electron chi connectivity index (χ4n) is 3.24. The van der Waals surface area contributed by atoms with E-state index in [4.69, 9.17) is 5.73 Å². The molecule has 2 atom stereocenters. The van der Waals surface area contributed by atoms with Gasteiger partial charge in [0.2, 0.25) is 0 Å². The molecule has 0 saturated carbocycles. The van der Waals surface area contributed by atoms with Crippen molar-refractivity contribution in [3.05, 3.63) is 0 Å². The van der Waals surface area contributed by atoms with E-state index in [1.54, 1.807) is 0 Å². The molecule has 0 aromatic heterocycles. The quantitative estimate of drug-likeness (QED) is 0.538. The summed E-state index contributed by atoms with van der Waals surface area (Å²) in [7, 11) is 0. The van der Waals surface area contributed by atoms with Gasteiger partial charge < -0.3 is 11.1 Å². The number of nitrogens with zero attached hydrogens (tertiary/aromatic N) is 1.